The van der Waals surface area contributed by atoms with Crippen LogP contribution in [0.4, 0.5) is 4.79 Å². The lowest BCUT2D eigenvalue weighted by molar-refractivity contribution is -0.139. The van der Waals surface area contributed by atoms with Gasteiger partial charge in [0.1, 0.15) is 6.04 Å². The lowest BCUT2D eigenvalue weighted by Crippen LogP contribution is -2.52. The number of amides is 2. The molecule has 0 radical (unpaired) electrons. The molecule has 1 fully saturated rings. The zero-order valence-electron chi connectivity index (χ0n) is 12.4. The van der Waals surface area contributed by atoms with Crippen molar-refractivity contribution in [1.82, 2.24) is 10.2 Å². The molecule has 0 saturated carbocycles. The minimum absolute atomic E-state index is 0.0680. The second kappa shape index (κ2) is 8.79. The van der Waals surface area contributed by atoms with Crippen molar-refractivity contribution in [1.29, 1.82) is 0 Å². The number of carboxylic acid groups (broad SMARTS) is 1. The molecule has 1 saturated heterocycles. The van der Waals surface area contributed by atoms with Crippen LogP contribution in [0.5, 0.6) is 0 Å². The highest BCUT2D eigenvalue weighted by Crippen LogP contribution is 2.13. The number of piperidine rings is 1. The third kappa shape index (κ3) is 5.36. The average molecular weight is 286 g/mol. The van der Waals surface area contributed by atoms with E-state index in [1.165, 1.54) is 0 Å². The molecule has 0 spiro atoms. The number of hydrogen-bond donors (Lipinski definition) is 2. The van der Waals surface area contributed by atoms with Crippen LogP contribution in [-0.4, -0.2) is 53.8 Å². The number of urea groups is 1. The highest BCUT2D eigenvalue weighted by atomic mass is 16.5. The van der Waals surface area contributed by atoms with E-state index < -0.39 is 12.0 Å². The molecule has 2 amide bonds. The van der Waals surface area contributed by atoms with Crippen molar-refractivity contribution in [3.05, 3.63) is 0 Å². The Morgan fingerprint density at radius 3 is 2.80 bits per heavy atom. The van der Waals surface area contributed by atoms with Gasteiger partial charge < -0.3 is 20.1 Å². The largest absolute Gasteiger partial charge is 0.480 e. The van der Waals surface area contributed by atoms with Crippen LogP contribution < -0.4 is 5.32 Å². The van der Waals surface area contributed by atoms with E-state index in [1.54, 1.807) is 4.90 Å². The van der Waals surface area contributed by atoms with Gasteiger partial charge in [-0.25, -0.2) is 9.59 Å². The Labute approximate surface area is 120 Å². The summed E-state index contributed by atoms with van der Waals surface area (Å²) in [5, 5.41) is 11.7. The van der Waals surface area contributed by atoms with Gasteiger partial charge in [0.05, 0.1) is 6.10 Å². The van der Waals surface area contributed by atoms with Gasteiger partial charge in [0.2, 0.25) is 0 Å². The maximum absolute atomic E-state index is 12.1. The fourth-order valence-electron chi connectivity index (χ4n) is 2.40. The maximum atomic E-state index is 12.1. The van der Waals surface area contributed by atoms with Crippen LogP contribution in [0.2, 0.25) is 0 Å². The summed E-state index contributed by atoms with van der Waals surface area (Å²) in [7, 11) is 0. The van der Waals surface area contributed by atoms with Gasteiger partial charge in [-0.05, 0) is 26.2 Å². The van der Waals surface area contributed by atoms with Gasteiger partial charge in [0, 0.05) is 19.7 Å². The molecule has 2 atom stereocenters. The summed E-state index contributed by atoms with van der Waals surface area (Å²) in [5.74, 6) is -0.967. The van der Waals surface area contributed by atoms with Gasteiger partial charge in [0.25, 0.3) is 0 Å². The zero-order valence-corrected chi connectivity index (χ0v) is 12.4. The number of carbonyl (C=O) groups is 2. The summed E-state index contributed by atoms with van der Waals surface area (Å²) in [6, 6.07) is -1.09. The number of hydrogen-bond acceptors (Lipinski definition) is 3. The van der Waals surface area contributed by atoms with Crippen LogP contribution in [0.25, 0.3) is 0 Å². The second-order valence-corrected chi connectivity index (χ2v) is 5.15. The molecule has 0 aromatic carbocycles. The SMILES string of the molecule is CCCCC(NC(=O)N1CCCC(OCC)C1)C(=O)O. The van der Waals surface area contributed by atoms with Crippen molar-refractivity contribution in [2.24, 2.45) is 0 Å². The number of nitrogens with one attached hydrogen (secondary N) is 1. The zero-order chi connectivity index (χ0) is 15.0. The highest BCUT2D eigenvalue weighted by Gasteiger charge is 2.27. The number of ether oxygens (including phenoxy) is 1. The molecule has 116 valence electrons. The first-order chi connectivity index (χ1) is 9.58. The normalized spacial score (nSPS) is 20.5. The van der Waals surface area contributed by atoms with Crippen molar-refractivity contribution >= 4 is 12.0 Å². The molecule has 20 heavy (non-hydrogen) atoms. The number of carboxylic acids is 1. The van der Waals surface area contributed by atoms with E-state index in [0.717, 1.165) is 25.7 Å². The Balaban J connectivity index is 2.48. The van der Waals surface area contributed by atoms with Crippen LogP contribution in [0.3, 0.4) is 0 Å². The van der Waals surface area contributed by atoms with Gasteiger partial charge in [-0.3, -0.25) is 0 Å². The monoisotopic (exact) mass is 286 g/mol. The van der Waals surface area contributed by atoms with Crippen LogP contribution >= 0.6 is 0 Å². The molecule has 6 nitrogen and oxygen atoms in total. The smallest absolute Gasteiger partial charge is 0.326 e. The van der Waals surface area contributed by atoms with Crippen molar-refractivity contribution in [3.63, 3.8) is 0 Å². The van der Waals surface area contributed by atoms with E-state index in [1.807, 2.05) is 13.8 Å². The van der Waals surface area contributed by atoms with Crippen LogP contribution in [0, 0.1) is 0 Å². The summed E-state index contributed by atoms with van der Waals surface area (Å²) < 4.78 is 5.54. The number of likely N-dealkylation sites (tertiary alicyclic amines) is 1. The van der Waals surface area contributed by atoms with Crippen LogP contribution in [0.15, 0.2) is 0 Å². The van der Waals surface area contributed by atoms with Gasteiger partial charge in [-0.1, -0.05) is 19.8 Å². The van der Waals surface area contributed by atoms with E-state index in [-0.39, 0.29) is 12.1 Å². The fourth-order valence-corrected chi connectivity index (χ4v) is 2.40. The standard InChI is InChI=1S/C14H26N2O4/c1-3-5-8-12(13(17)18)15-14(19)16-9-6-7-11(10-16)20-4-2/h11-12H,3-10H2,1-2H3,(H,15,19)(H,17,18). The number of unbranched alkanes of at least 4 members (excludes halogenated alkanes) is 1. The summed E-state index contributed by atoms with van der Waals surface area (Å²) in [5.41, 5.74) is 0. The second-order valence-electron chi connectivity index (χ2n) is 5.15. The third-order valence-corrected chi connectivity index (χ3v) is 3.51. The fraction of sp³-hybridized carbons (Fsp3) is 0.857. The minimum atomic E-state index is -0.967. The van der Waals surface area contributed by atoms with E-state index in [4.69, 9.17) is 9.84 Å². The predicted molar refractivity (Wildman–Crippen MR) is 75.7 cm³/mol. The summed E-state index contributed by atoms with van der Waals surface area (Å²) in [6.45, 7) is 5.77. The summed E-state index contributed by atoms with van der Waals surface area (Å²) in [6.07, 6.45) is 4.09. The van der Waals surface area contributed by atoms with Gasteiger partial charge in [0.15, 0.2) is 0 Å². The van der Waals surface area contributed by atoms with E-state index in [9.17, 15) is 9.59 Å². The molecule has 0 aromatic heterocycles. The Bertz CT molecular complexity index is 320. The topological polar surface area (TPSA) is 78.9 Å². The number of nitrogens with zero attached hydrogens (tertiary/aromatic N) is 1. The molecule has 0 bridgehead atoms. The van der Waals surface area contributed by atoms with Crippen molar-refractivity contribution in [2.45, 2.75) is 58.1 Å². The van der Waals surface area contributed by atoms with E-state index in [0.29, 0.717) is 26.1 Å². The van der Waals surface area contributed by atoms with Gasteiger partial charge >= 0.3 is 12.0 Å². The first-order valence-electron chi connectivity index (χ1n) is 7.48. The quantitative estimate of drug-likeness (QED) is 0.748. The first kappa shape index (κ1) is 16.8. The molecule has 1 heterocycles. The molecule has 0 aliphatic carbocycles. The van der Waals surface area contributed by atoms with Gasteiger partial charge in [-0.15, -0.1) is 0 Å². The average Bonchev–Trinajstić information content (AvgIpc) is 2.43. The van der Waals surface area contributed by atoms with E-state index >= 15 is 0 Å². The predicted octanol–water partition coefficient (Wildman–Crippen LogP) is 1.84. The Hall–Kier alpha value is -1.30. The lowest BCUT2D eigenvalue weighted by Gasteiger charge is -2.33. The Morgan fingerprint density at radius 1 is 1.45 bits per heavy atom. The molecule has 6 heteroatoms. The molecule has 0 aromatic rings. The maximum Gasteiger partial charge on any atom is 0.326 e. The number of carbonyl (C=O) groups excluding carboxylic acids is 1. The van der Waals surface area contributed by atoms with Crippen LogP contribution in [-0.2, 0) is 9.53 Å². The summed E-state index contributed by atoms with van der Waals surface area (Å²) in [4.78, 5) is 24.9. The molecular weight excluding hydrogens is 260 g/mol. The Morgan fingerprint density at radius 2 is 2.20 bits per heavy atom. The number of aliphatic carboxylic acids is 1. The number of rotatable bonds is 7. The van der Waals surface area contributed by atoms with Crippen LogP contribution in [0.1, 0.15) is 46.0 Å². The lowest BCUT2D eigenvalue weighted by atomic mass is 10.1. The first-order valence-corrected chi connectivity index (χ1v) is 7.48. The van der Waals surface area contributed by atoms with Crippen molar-refractivity contribution < 1.29 is 19.4 Å². The Kier molecular flexibility index (Phi) is 7.36. The third-order valence-electron chi connectivity index (χ3n) is 3.51. The molecular formula is C14H26N2O4. The molecule has 2 N–H and O–H groups in total. The summed E-state index contributed by atoms with van der Waals surface area (Å²) >= 11 is 0. The van der Waals surface area contributed by atoms with Crippen molar-refractivity contribution in [2.75, 3.05) is 19.7 Å². The molecule has 2 unspecified atom stereocenters. The highest BCUT2D eigenvalue weighted by molar-refractivity contribution is 5.82. The molecule has 1 aliphatic rings. The van der Waals surface area contributed by atoms with E-state index in [2.05, 4.69) is 5.32 Å². The van der Waals surface area contributed by atoms with Gasteiger partial charge in [-0.2, -0.15) is 0 Å². The molecule has 1 aliphatic heterocycles. The molecule has 1 rings (SSSR count). The minimum Gasteiger partial charge on any atom is -0.480 e. The van der Waals surface area contributed by atoms with Crippen molar-refractivity contribution in [3.8, 4) is 0 Å².